The average molecular weight is 389 g/mol. The maximum Gasteiger partial charge on any atom is 0.152 e. The summed E-state index contributed by atoms with van der Waals surface area (Å²) in [7, 11) is 0. The van der Waals surface area contributed by atoms with Gasteiger partial charge in [-0.1, -0.05) is 20.8 Å². The first-order valence-corrected chi connectivity index (χ1v) is 11.5. The summed E-state index contributed by atoms with van der Waals surface area (Å²) in [5, 5.41) is 3.41. The van der Waals surface area contributed by atoms with Crippen LogP contribution < -0.4 is 5.32 Å². The minimum Gasteiger partial charge on any atom is -0.298 e. The number of rotatable bonds is 12. The van der Waals surface area contributed by atoms with Crippen molar-refractivity contribution in [3.8, 4) is 0 Å². The van der Waals surface area contributed by atoms with Crippen molar-refractivity contribution in [1.82, 2.24) is 10.2 Å². The van der Waals surface area contributed by atoms with Crippen molar-refractivity contribution in [3.05, 3.63) is 0 Å². The average Bonchev–Trinajstić information content (AvgIpc) is 3.06. The van der Waals surface area contributed by atoms with Crippen LogP contribution in [0, 0.1) is 5.92 Å². The third-order valence-corrected chi connectivity index (χ3v) is 6.33. The molecule has 0 saturated carbocycles. The molecule has 6 heteroatoms. The van der Waals surface area contributed by atoms with Crippen molar-refractivity contribution < 1.29 is 9.59 Å². The lowest BCUT2D eigenvalue weighted by Gasteiger charge is -2.32. The molecule has 1 fully saturated rings. The van der Waals surface area contributed by atoms with Crippen molar-refractivity contribution in [1.29, 1.82) is 0 Å². The van der Waals surface area contributed by atoms with Crippen LogP contribution >= 0.6 is 24.4 Å². The first-order chi connectivity index (χ1) is 11.8. The molecule has 4 nitrogen and oxygen atoms in total. The van der Waals surface area contributed by atoms with Crippen LogP contribution in [0.3, 0.4) is 0 Å². The van der Waals surface area contributed by atoms with E-state index in [1.807, 2.05) is 27.0 Å². The largest absolute Gasteiger partial charge is 0.298 e. The van der Waals surface area contributed by atoms with Crippen LogP contribution in [0.4, 0.5) is 0 Å². The highest BCUT2D eigenvalue weighted by atomic mass is 32.2. The summed E-state index contributed by atoms with van der Waals surface area (Å²) in [6.07, 6.45) is 6.38. The highest BCUT2D eigenvalue weighted by Gasteiger charge is 2.34. The van der Waals surface area contributed by atoms with Gasteiger partial charge in [-0.15, -0.1) is 0 Å². The van der Waals surface area contributed by atoms with Gasteiger partial charge < -0.3 is 0 Å². The van der Waals surface area contributed by atoms with Crippen LogP contribution in [-0.4, -0.2) is 58.5 Å². The molecule has 146 valence electrons. The molecule has 4 atom stereocenters. The van der Waals surface area contributed by atoms with Gasteiger partial charge in [-0.05, 0) is 45.4 Å². The number of carbonyl (C=O) groups excluding carboxylic acids is 2. The van der Waals surface area contributed by atoms with E-state index in [4.69, 9.17) is 0 Å². The standard InChI is InChI=1S/C19H36N2O2S2/c1-6-17(22)15(20-18(24)12-25-5)10-9-14(4)21-11-7-8-16(21)19(23)13(2)3/h13-16,18,20,24H,6-12H2,1-5H3/t14?,15-,16-,18?/m1/s1. The smallest absolute Gasteiger partial charge is 0.152 e. The first kappa shape index (κ1) is 23.0. The molecule has 2 unspecified atom stereocenters. The Morgan fingerprint density at radius 1 is 1.28 bits per heavy atom. The Balaban J connectivity index is 2.62. The molecule has 0 radical (unpaired) electrons. The van der Waals surface area contributed by atoms with Gasteiger partial charge in [0, 0.05) is 24.1 Å². The Labute approximate surface area is 163 Å². The SMILES string of the molecule is CCC(=O)[C@@H](CCC(C)N1CCC[C@@H]1C(=O)C(C)C)NC(S)CSC. The number of nitrogens with one attached hydrogen (secondary N) is 1. The zero-order valence-corrected chi connectivity index (χ0v) is 18.2. The van der Waals surface area contributed by atoms with Gasteiger partial charge in [-0.25, -0.2) is 0 Å². The molecule has 1 saturated heterocycles. The van der Waals surface area contributed by atoms with Crippen molar-refractivity contribution in [2.45, 2.75) is 83.3 Å². The van der Waals surface area contributed by atoms with E-state index < -0.39 is 0 Å². The van der Waals surface area contributed by atoms with Crippen molar-refractivity contribution in [3.63, 3.8) is 0 Å². The zero-order valence-electron chi connectivity index (χ0n) is 16.5. The Kier molecular flexibility index (Phi) is 10.7. The van der Waals surface area contributed by atoms with E-state index in [9.17, 15) is 9.59 Å². The molecule has 0 aromatic heterocycles. The number of hydrogen-bond acceptors (Lipinski definition) is 6. The predicted octanol–water partition coefficient (Wildman–Crippen LogP) is 3.40. The van der Waals surface area contributed by atoms with Gasteiger partial charge in [0.25, 0.3) is 0 Å². The van der Waals surface area contributed by atoms with Gasteiger partial charge in [0.05, 0.1) is 17.5 Å². The molecule has 1 heterocycles. The lowest BCUT2D eigenvalue weighted by molar-refractivity contribution is -0.127. The maximum absolute atomic E-state index is 12.4. The van der Waals surface area contributed by atoms with Gasteiger partial charge in [0.15, 0.2) is 5.78 Å². The second-order valence-electron chi connectivity index (χ2n) is 7.39. The van der Waals surface area contributed by atoms with Gasteiger partial charge in [0.1, 0.15) is 5.78 Å². The van der Waals surface area contributed by atoms with Crippen LogP contribution in [0.25, 0.3) is 0 Å². The number of carbonyl (C=O) groups is 2. The van der Waals surface area contributed by atoms with Crippen molar-refractivity contribution >= 4 is 36.0 Å². The number of Topliss-reactive ketones (excluding diaryl/α,β-unsaturated/α-hetero) is 2. The lowest BCUT2D eigenvalue weighted by atomic mass is 9.97. The summed E-state index contributed by atoms with van der Waals surface area (Å²) < 4.78 is 0. The third kappa shape index (κ3) is 7.24. The van der Waals surface area contributed by atoms with Gasteiger partial charge in [-0.3, -0.25) is 19.8 Å². The van der Waals surface area contributed by atoms with Crippen LogP contribution in [0.1, 0.15) is 59.8 Å². The Morgan fingerprint density at radius 3 is 2.52 bits per heavy atom. The van der Waals surface area contributed by atoms with E-state index in [-0.39, 0.29) is 29.2 Å². The molecule has 1 rings (SSSR count). The fourth-order valence-corrected chi connectivity index (χ4v) is 4.64. The normalized spacial score (nSPS) is 22.1. The fraction of sp³-hybridized carbons (Fsp3) is 0.895. The number of nitrogens with zero attached hydrogens (tertiary/aromatic N) is 1. The molecular weight excluding hydrogens is 352 g/mol. The Morgan fingerprint density at radius 2 is 1.96 bits per heavy atom. The van der Waals surface area contributed by atoms with E-state index in [0.717, 1.165) is 38.0 Å². The third-order valence-electron chi connectivity index (χ3n) is 5.09. The van der Waals surface area contributed by atoms with E-state index in [1.165, 1.54) is 0 Å². The highest BCUT2D eigenvalue weighted by Crippen LogP contribution is 2.25. The number of hydrogen-bond donors (Lipinski definition) is 2. The van der Waals surface area contributed by atoms with Crippen LogP contribution in [0.15, 0.2) is 0 Å². The van der Waals surface area contributed by atoms with E-state index in [1.54, 1.807) is 11.8 Å². The highest BCUT2D eigenvalue weighted by molar-refractivity contribution is 7.99. The Bertz CT molecular complexity index is 432. The van der Waals surface area contributed by atoms with Crippen molar-refractivity contribution in [2.75, 3.05) is 18.6 Å². The molecule has 1 aliphatic rings. The summed E-state index contributed by atoms with van der Waals surface area (Å²) in [5.41, 5.74) is 0. The minimum absolute atomic E-state index is 0.0351. The lowest BCUT2D eigenvalue weighted by Crippen LogP contribution is -2.46. The number of thioether (sulfide) groups is 1. The first-order valence-electron chi connectivity index (χ1n) is 9.57. The second-order valence-corrected chi connectivity index (χ2v) is 8.92. The molecule has 0 aromatic carbocycles. The van der Waals surface area contributed by atoms with E-state index in [0.29, 0.717) is 18.2 Å². The monoisotopic (exact) mass is 388 g/mol. The van der Waals surface area contributed by atoms with Gasteiger partial charge in [-0.2, -0.15) is 24.4 Å². The topological polar surface area (TPSA) is 49.4 Å². The predicted molar refractivity (Wildman–Crippen MR) is 112 cm³/mol. The molecule has 0 bridgehead atoms. The molecule has 1 N–H and O–H groups in total. The van der Waals surface area contributed by atoms with Gasteiger partial charge >= 0.3 is 0 Å². The quantitative estimate of drug-likeness (QED) is 0.396. The number of ketones is 2. The zero-order chi connectivity index (χ0) is 19.0. The molecule has 0 aromatic rings. The molecule has 25 heavy (non-hydrogen) atoms. The summed E-state index contributed by atoms with van der Waals surface area (Å²) in [5.74, 6) is 1.58. The van der Waals surface area contributed by atoms with E-state index in [2.05, 4.69) is 29.8 Å². The van der Waals surface area contributed by atoms with Crippen LogP contribution in [0.2, 0.25) is 0 Å². The van der Waals surface area contributed by atoms with E-state index >= 15 is 0 Å². The number of thiol groups is 1. The molecule has 1 aliphatic heterocycles. The summed E-state index contributed by atoms with van der Waals surface area (Å²) in [6, 6.07) is 0.254. The second kappa shape index (κ2) is 11.6. The molecular formula is C19H36N2O2S2. The van der Waals surface area contributed by atoms with Gasteiger partial charge in [0.2, 0.25) is 0 Å². The maximum atomic E-state index is 12.4. The minimum atomic E-state index is -0.135. The summed E-state index contributed by atoms with van der Waals surface area (Å²) in [6.45, 7) is 9.08. The summed E-state index contributed by atoms with van der Waals surface area (Å²) >= 11 is 6.27. The fourth-order valence-electron chi connectivity index (χ4n) is 3.60. The van der Waals surface area contributed by atoms with Crippen LogP contribution in [-0.2, 0) is 9.59 Å². The molecule has 0 amide bonds. The molecule has 0 aliphatic carbocycles. The Hall–Kier alpha value is -0.0400. The van der Waals surface area contributed by atoms with Crippen molar-refractivity contribution in [2.24, 2.45) is 5.92 Å². The van der Waals surface area contributed by atoms with Crippen LogP contribution in [0.5, 0.6) is 0 Å². The summed E-state index contributed by atoms with van der Waals surface area (Å²) in [4.78, 5) is 27.1. The number of likely N-dealkylation sites (tertiary alicyclic amines) is 1. The molecule has 0 spiro atoms.